The maximum absolute atomic E-state index is 13.7. The highest BCUT2D eigenvalue weighted by Crippen LogP contribution is 2.51. The van der Waals surface area contributed by atoms with Gasteiger partial charge in [0.2, 0.25) is 11.6 Å². The van der Waals surface area contributed by atoms with E-state index in [1.807, 2.05) is 66.7 Å². The first-order valence-electron chi connectivity index (χ1n) is 13.9. The molecule has 12 nitrogen and oxygen atoms in total. The van der Waals surface area contributed by atoms with E-state index in [2.05, 4.69) is 0 Å². The zero-order valence-electron chi connectivity index (χ0n) is 25.1. The molecule has 1 unspecified atom stereocenters. The maximum atomic E-state index is 13.7. The fraction of sp³-hybridized carbons (Fsp3) is 0.567. The van der Waals surface area contributed by atoms with Crippen LogP contribution in [0, 0.1) is 11.3 Å². The van der Waals surface area contributed by atoms with E-state index in [-0.39, 0.29) is 32.8 Å². The van der Waals surface area contributed by atoms with E-state index in [4.69, 9.17) is 52.0 Å². The van der Waals surface area contributed by atoms with Crippen LogP contribution in [0.25, 0.3) is 0 Å². The zero-order valence-corrected chi connectivity index (χ0v) is 26.0. The number of phosphoric acid groups is 1. The lowest BCUT2D eigenvalue weighted by molar-refractivity contribution is -0.480. The van der Waals surface area contributed by atoms with Crippen LogP contribution in [0.4, 0.5) is 0 Å². The molecule has 2 fully saturated rings. The molecular formula is C30H40NO11P. The molecule has 43 heavy (non-hydrogen) atoms. The van der Waals surface area contributed by atoms with Crippen LogP contribution in [0.2, 0.25) is 0 Å². The average Bonchev–Trinajstić information content (AvgIpc) is 3.03. The van der Waals surface area contributed by atoms with Crippen LogP contribution >= 0.6 is 7.82 Å². The number of ether oxygens (including phenoxy) is 7. The Morgan fingerprint density at radius 1 is 0.837 bits per heavy atom. The summed E-state index contributed by atoms with van der Waals surface area (Å²) in [4.78, 5) is 0. The zero-order chi connectivity index (χ0) is 30.9. The Morgan fingerprint density at radius 3 is 1.98 bits per heavy atom. The molecule has 2 aliphatic heterocycles. The first-order chi connectivity index (χ1) is 20.7. The van der Waals surface area contributed by atoms with Gasteiger partial charge in [-0.1, -0.05) is 60.7 Å². The lowest BCUT2D eigenvalue weighted by Crippen LogP contribution is -2.73. The van der Waals surface area contributed by atoms with Gasteiger partial charge in [-0.15, -0.1) is 0 Å². The van der Waals surface area contributed by atoms with Gasteiger partial charge in [0.25, 0.3) is 0 Å². The third kappa shape index (κ3) is 8.08. The van der Waals surface area contributed by atoms with Crippen molar-refractivity contribution in [2.75, 3.05) is 34.5 Å². The van der Waals surface area contributed by atoms with Crippen molar-refractivity contribution in [1.82, 2.24) is 0 Å². The van der Waals surface area contributed by atoms with Crippen LogP contribution < -0.4 is 0 Å². The van der Waals surface area contributed by atoms with Crippen molar-refractivity contribution in [3.05, 3.63) is 71.8 Å². The second-order valence-electron chi connectivity index (χ2n) is 10.2. The number of nitriles is 1. The minimum absolute atomic E-state index is 0.00238. The van der Waals surface area contributed by atoms with E-state index in [1.165, 1.54) is 21.3 Å². The summed E-state index contributed by atoms with van der Waals surface area (Å²) in [6.45, 7) is 3.17. The quantitative estimate of drug-likeness (QED) is 0.201. The van der Waals surface area contributed by atoms with Crippen molar-refractivity contribution >= 4 is 7.82 Å². The summed E-state index contributed by atoms with van der Waals surface area (Å²) in [7, 11) is 0.306. The Balaban J connectivity index is 1.57. The normalized spacial score (nSPS) is 32.0. The lowest BCUT2D eigenvalue weighted by atomic mass is 9.94. The standard InChI is InChI=1S/C30H40NO11P/c1-29(34-4)30(2,35-5)42-26-25(41-29)24(40-28(33-3)27(26)36-19-22-13-8-6-9-14-22)21-39-43(32,37-18-12-17-31)38-20-23-15-10-7-11-16-23/h6-11,13-16,24-28H,12,18-21H2,1-5H3/t24-,25-,26+,27+,28+,29+,30+,43?/m1/s1. The SMILES string of the molecule is CO[C@H]1O[C@H](COP(=O)(OCCC#N)OCc2ccccc2)[C@H]2O[C@](C)(OC)[C@@](C)(OC)O[C@@H]2[C@@H]1OCc1ccccc1. The molecule has 0 amide bonds. The van der Waals surface area contributed by atoms with E-state index in [0.29, 0.717) is 0 Å². The highest BCUT2D eigenvalue weighted by molar-refractivity contribution is 7.48. The average molecular weight is 622 g/mol. The minimum Gasteiger partial charge on any atom is -0.365 e. The van der Waals surface area contributed by atoms with Crippen molar-refractivity contribution in [3.63, 3.8) is 0 Å². The molecule has 2 aromatic rings. The Kier molecular flexibility index (Phi) is 11.9. The number of fused-ring (bicyclic) bond motifs is 1. The fourth-order valence-corrected chi connectivity index (χ4v) is 6.00. The highest BCUT2D eigenvalue weighted by Gasteiger charge is 2.63. The van der Waals surface area contributed by atoms with Gasteiger partial charge >= 0.3 is 7.82 Å². The van der Waals surface area contributed by atoms with Gasteiger partial charge in [-0.2, -0.15) is 5.26 Å². The Hall–Kier alpha value is -2.24. The predicted octanol–water partition coefficient (Wildman–Crippen LogP) is 4.72. The molecule has 2 aliphatic rings. The molecule has 13 heteroatoms. The molecule has 0 radical (unpaired) electrons. The van der Waals surface area contributed by atoms with E-state index in [1.54, 1.807) is 13.8 Å². The summed E-state index contributed by atoms with van der Waals surface area (Å²) in [6.07, 6.45) is -4.20. The molecule has 0 spiro atoms. The summed E-state index contributed by atoms with van der Waals surface area (Å²) in [6, 6.07) is 20.8. The maximum Gasteiger partial charge on any atom is 0.475 e. The molecule has 8 atom stereocenters. The third-order valence-electron chi connectivity index (χ3n) is 7.53. The van der Waals surface area contributed by atoms with Gasteiger partial charge in [0, 0.05) is 21.3 Å². The van der Waals surface area contributed by atoms with Crippen LogP contribution in [0.5, 0.6) is 0 Å². The van der Waals surface area contributed by atoms with Crippen LogP contribution in [-0.4, -0.2) is 76.8 Å². The monoisotopic (exact) mass is 621 g/mol. The predicted molar refractivity (Wildman–Crippen MR) is 152 cm³/mol. The second kappa shape index (κ2) is 15.2. The molecule has 0 aromatic heterocycles. The smallest absolute Gasteiger partial charge is 0.365 e. The highest BCUT2D eigenvalue weighted by atomic mass is 31.2. The summed E-state index contributed by atoms with van der Waals surface area (Å²) in [5, 5.41) is 8.97. The van der Waals surface area contributed by atoms with E-state index < -0.39 is 50.1 Å². The topological polar surface area (TPSA) is 133 Å². The van der Waals surface area contributed by atoms with E-state index in [9.17, 15) is 4.57 Å². The summed E-state index contributed by atoms with van der Waals surface area (Å²) >= 11 is 0. The molecule has 2 heterocycles. The lowest BCUT2D eigenvalue weighted by Gasteiger charge is -2.57. The van der Waals surface area contributed by atoms with Gasteiger partial charge in [-0.3, -0.25) is 13.6 Å². The van der Waals surface area contributed by atoms with E-state index in [0.717, 1.165) is 11.1 Å². The van der Waals surface area contributed by atoms with Gasteiger partial charge in [-0.25, -0.2) is 4.57 Å². The number of rotatable bonds is 15. The van der Waals surface area contributed by atoms with Crippen molar-refractivity contribution in [2.24, 2.45) is 0 Å². The number of nitrogens with zero attached hydrogens (tertiary/aromatic N) is 1. The molecule has 0 bridgehead atoms. The second-order valence-corrected chi connectivity index (χ2v) is 11.9. The fourth-order valence-electron chi connectivity index (χ4n) is 4.83. The largest absolute Gasteiger partial charge is 0.475 e. The van der Waals surface area contributed by atoms with Crippen molar-refractivity contribution in [2.45, 2.75) is 75.8 Å². The van der Waals surface area contributed by atoms with Crippen LogP contribution in [0.3, 0.4) is 0 Å². The first kappa shape index (κ1) is 33.6. The molecule has 236 valence electrons. The van der Waals surface area contributed by atoms with Crippen molar-refractivity contribution < 1.29 is 51.3 Å². The van der Waals surface area contributed by atoms with Crippen molar-refractivity contribution in [1.29, 1.82) is 5.26 Å². The third-order valence-corrected chi connectivity index (χ3v) is 8.94. The molecule has 2 aromatic carbocycles. The number of hydrogen-bond donors (Lipinski definition) is 0. The minimum atomic E-state index is -4.15. The van der Waals surface area contributed by atoms with Crippen LogP contribution in [0.15, 0.2) is 60.7 Å². The number of methoxy groups -OCH3 is 3. The molecule has 0 aliphatic carbocycles. The summed E-state index contributed by atoms with van der Waals surface area (Å²) < 4.78 is 73.3. The van der Waals surface area contributed by atoms with E-state index >= 15 is 0 Å². The molecule has 0 N–H and O–H groups in total. The van der Waals surface area contributed by atoms with Gasteiger partial charge in [-0.05, 0) is 25.0 Å². The molecule has 0 saturated carbocycles. The van der Waals surface area contributed by atoms with Crippen LogP contribution in [0.1, 0.15) is 31.4 Å². The molecule has 4 rings (SSSR count). The number of hydrogen-bond acceptors (Lipinski definition) is 12. The Bertz CT molecular complexity index is 1230. The van der Waals surface area contributed by atoms with Gasteiger partial charge in [0.05, 0.1) is 38.9 Å². The molecular weight excluding hydrogens is 581 g/mol. The first-order valence-corrected chi connectivity index (χ1v) is 15.4. The number of benzene rings is 2. The van der Waals surface area contributed by atoms with Crippen molar-refractivity contribution in [3.8, 4) is 6.07 Å². The van der Waals surface area contributed by atoms with Gasteiger partial charge < -0.3 is 33.2 Å². The Labute approximate surface area is 252 Å². The molecule has 2 saturated heterocycles. The number of phosphoric ester groups is 1. The van der Waals surface area contributed by atoms with Gasteiger partial charge in [0.15, 0.2) is 6.29 Å². The van der Waals surface area contributed by atoms with Gasteiger partial charge in [0.1, 0.15) is 24.4 Å². The van der Waals surface area contributed by atoms with Crippen LogP contribution in [-0.2, 0) is 64.5 Å². The summed E-state index contributed by atoms with van der Waals surface area (Å²) in [5.74, 6) is -2.71. The summed E-state index contributed by atoms with van der Waals surface area (Å²) in [5.41, 5.74) is 1.71. The Morgan fingerprint density at radius 2 is 1.42 bits per heavy atom.